The van der Waals surface area contributed by atoms with Gasteiger partial charge in [-0.1, -0.05) is 18.2 Å². The van der Waals surface area contributed by atoms with Gasteiger partial charge in [0, 0.05) is 24.2 Å². The molecule has 88 valence electrons. The Morgan fingerprint density at radius 1 is 1.38 bits per heavy atom. The number of hydrogen-bond donors (Lipinski definition) is 1. The first-order valence-corrected chi connectivity index (χ1v) is 5.83. The number of likely N-dealkylation sites (N-methyl/N-ethyl adjacent to an activating group) is 1. The lowest BCUT2D eigenvalue weighted by atomic mass is 9.72. The highest BCUT2D eigenvalue weighted by Crippen LogP contribution is 2.47. The van der Waals surface area contributed by atoms with E-state index < -0.39 is 0 Å². The lowest BCUT2D eigenvalue weighted by Crippen LogP contribution is -2.28. The monoisotopic (exact) mass is 238 g/mol. The number of hydrogen-bond acceptors (Lipinski definition) is 2. The van der Waals surface area contributed by atoms with E-state index >= 15 is 0 Å². The van der Waals surface area contributed by atoms with Crippen molar-refractivity contribution in [1.82, 2.24) is 10.2 Å². The van der Waals surface area contributed by atoms with Crippen LogP contribution in [0.25, 0.3) is 0 Å². The van der Waals surface area contributed by atoms with Crippen molar-refractivity contribution in [1.29, 1.82) is 0 Å². The molecule has 0 aromatic carbocycles. The van der Waals surface area contributed by atoms with Crippen molar-refractivity contribution in [3.05, 3.63) is 35.6 Å². The highest BCUT2D eigenvalue weighted by atomic mass is 35.5. The summed E-state index contributed by atoms with van der Waals surface area (Å²) in [5.74, 6) is 0. The van der Waals surface area contributed by atoms with E-state index in [1.165, 1.54) is 30.7 Å². The van der Waals surface area contributed by atoms with Gasteiger partial charge in [0.2, 0.25) is 0 Å². The minimum atomic E-state index is 0. The second-order valence-corrected chi connectivity index (χ2v) is 4.87. The van der Waals surface area contributed by atoms with Gasteiger partial charge in [0.05, 0.1) is 0 Å². The van der Waals surface area contributed by atoms with Gasteiger partial charge in [-0.2, -0.15) is 0 Å². The Hall–Kier alpha value is -0.730. The van der Waals surface area contributed by atoms with Crippen LogP contribution in [0.2, 0.25) is 0 Å². The van der Waals surface area contributed by atoms with Gasteiger partial charge in [0.15, 0.2) is 0 Å². The second kappa shape index (κ2) is 4.27. The molecule has 0 amide bonds. The molecule has 1 fully saturated rings. The van der Waals surface area contributed by atoms with Gasteiger partial charge in [-0.3, -0.25) is 0 Å². The van der Waals surface area contributed by atoms with Crippen LogP contribution in [0.15, 0.2) is 35.6 Å². The Kier molecular flexibility index (Phi) is 3.13. The highest BCUT2D eigenvalue weighted by molar-refractivity contribution is 5.85. The largest absolute Gasteiger partial charge is 0.388 e. The molecule has 3 aliphatic rings. The van der Waals surface area contributed by atoms with E-state index in [1.807, 2.05) is 0 Å². The molecule has 0 bridgehead atoms. The Bertz CT molecular complexity index is 370. The molecule has 1 saturated heterocycles. The lowest BCUT2D eigenvalue weighted by molar-refractivity contribution is 0.316. The van der Waals surface area contributed by atoms with Gasteiger partial charge in [-0.05, 0) is 38.1 Å². The zero-order valence-electron chi connectivity index (χ0n) is 9.70. The summed E-state index contributed by atoms with van der Waals surface area (Å²) in [7, 11) is 2.21. The molecule has 1 spiro atoms. The third-order valence-electron chi connectivity index (χ3n) is 4.02. The van der Waals surface area contributed by atoms with E-state index in [2.05, 4.69) is 41.6 Å². The molecule has 1 N–H and O–H groups in total. The van der Waals surface area contributed by atoms with E-state index in [1.54, 1.807) is 0 Å². The molecule has 0 saturated carbocycles. The molecule has 1 aliphatic carbocycles. The summed E-state index contributed by atoms with van der Waals surface area (Å²) in [4.78, 5) is 2.41. The van der Waals surface area contributed by atoms with Gasteiger partial charge < -0.3 is 10.2 Å². The summed E-state index contributed by atoms with van der Waals surface area (Å²) >= 11 is 0. The summed E-state index contributed by atoms with van der Waals surface area (Å²) in [5.41, 5.74) is 3.32. The quantitative estimate of drug-likeness (QED) is 0.696. The summed E-state index contributed by atoms with van der Waals surface area (Å²) in [6, 6.07) is 0. The summed E-state index contributed by atoms with van der Waals surface area (Å²) in [5, 5.41) is 3.54. The fourth-order valence-corrected chi connectivity index (χ4v) is 3.03. The van der Waals surface area contributed by atoms with Crippen molar-refractivity contribution >= 4 is 12.4 Å². The topological polar surface area (TPSA) is 15.3 Å². The summed E-state index contributed by atoms with van der Waals surface area (Å²) in [6.45, 7) is 3.43. The minimum absolute atomic E-state index is 0. The molecule has 3 rings (SSSR count). The summed E-state index contributed by atoms with van der Waals surface area (Å²) in [6.07, 6.45) is 11.7. The highest BCUT2D eigenvalue weighted by Gasteiger charge is 2.42. The van der Waals surface area contributed by atoms with Crippen LogP contribution < -0.4 is 5.32 Å². The van der Waals surface area contributed by atoms with Gasteiger partial charge >= 0.3 is 0 Å². The van der Waals surface area contributed by atoms with Gasteiger partial charge in [-0.25, -0.2) is 0 Å². The van der Waals surface area contributed by atoms with Crippen molar-refractivity contribution in [3.8, 4) is 0 Å². The molecule has 0 radical (unpaired) electrons. The van der Waals surface area contributed by atoms with Crippen LogP contribution in [-0.2, 0) is 0 Å². The van der Waals surface area contributed by atoms with Crippen LogP contribution in [0, 0.1) is 5.41 Å². The smallest absolute Gasteiger partial charge is 0.0376 e. The average Bonchev–Trinajstić information content (AvgIpc) is 2.60. The minimum Gasteiger partial charge on any atom is -0.388 e. The number of halogens is 1. The van der Waals surface area contributed by atoms with E-state index in [4.69, 9.17) is 0 Å². The number of nitrogens with zero attached hydrogens (tertiary/aromatic N) is 1. The lowest BCUT2D eigenvalue weighted by Gasteiger charge is -2.32. The van der Waals surface area contributed by atoms with Gasteiger partial charge in [-0.15, -0.1) is 12.4 Å². The van der Waals surface area contributed by atoms with Crippen LogP contribution in [0.4, 0.5) is 0 Å². The third kappa shape index (κ3) is 1.61. The average molecular weight is 239 g/mol. The zero-order chi connectivity index (χ0) is 10.3. The molecular weight excluding hydrogens is 220 g/mol. The van der Waals surface area contributed by atoms with E-state index in [0.29, 0.717) is 5.41 Å². The van der Waals surface area contributed by atoms with Crippen LogP contribution in [0.5, 0.6) is 0 Å². The van der Waals surface area contributed by atoms with Crippen molar-refractivity contribution in [3.63, 3.8) is 0 Å². The molecular formula is C13H19ClN2. The van der Waals surface area contributed by atoms with Crippen LogP contribution in [0.3, 0.4) is 0 Å². The first-order chi connectivity index (χ1) is 7.31. The normalized spacial score (nSPS) is 32.6. The fraction of sp³-hybridized carbons (Fsp3) is 0.538. The summed E-state index contributed by atoms with van der Waals surface area (Å²) < 4.78 is 0. The van der Waals surface area contributed by atoms with Crippen LogP contribution in [-0.4, -0.2) is 31.6 Å². The number of nitrogens with one attached hydrogen (secondary N) is 1. The molecule has 1 atom stereocenters. The zero-order valence-corrected chi connectivity index (χ0v) is 10.5. The van der Waals surface area contributed by atoms with E-state index in [0.717, 1.165) is 13.1 Å². The van der Waals surface area contributed by atoms with Crippen molar-refractivity contribution in [2.45, 2.75) is 12.8 Å². The van der Waals surface area contributed by atoms with Crippen molar-refractivity contribution in [2.75, 3.05) is 26.7 Å². The van der Waals surface area contributed by atoms with Crippen molar-refractivity contribution < 1.29 is 0 Å². The first-order valence-electron chi connectivity index (χ1n) is 5.83. The molecule has 0 aromatic heterocycles. The molecule has 2 aliphatic heterocycles. The van der Waals surface area contributed by atoms with Crippen LogP contribution >= 0.6 is 12.4 Å². The number of rotatable bonds is 0. The predicted molar refractivity (Wildman–Crippen MR) is 69.7 cm³/mol. The van der Waals surface area contributed by atoms with Crippen molar-refractivity contribution in [2.24, 2.45) is 5.41 Å². The fourth-order valence-electron chi connectivity index (χ4n) is 3.03. The maximum atomic E-state index is 3.54. The van der Waals surface area contributed by atoms with Gasteiger partial charge in [0.1, 0.15) is 0 Å². The maximum absolute atomic E-state index is 3.54. The molecule has 3 heteroatoms. The second-order valence-electron chi connectivity index (χ2n) is 4.87. The first kappa shape index (κ1) is 11.7. The SMILES string of the molecule is CN1CC=C2C=CC=C3NCCC23CC1.Cl. The van der Waals surface area contributed by atoms with E-state index in [9.17, 15) is 0 Å². The molecule has 0 aromatic rings. The molecule has 2 nitrogen and oxygen atoms in total. The molecule has 1 unspecified atom stereocenters. The Labute approximate surface area is 103 Å². The standard InChI is InChI=1S/C13H18N2.ClH/c1-15-9-5-11-3-2-4-12-13(11,7-10-15)6-8-14-12;/h2-5,14H,6-10H2,1H3;1H. The Morgan fingerprint density at radius 2 is 2.25 bits per heavy atom. The van der Waals surface area contributed by atoms with Crippen LogP contribution in [0.1, 0.15) is 12.8 Å². The van der Waals surface area contributed by atoms with E-state index in [-0.39, 0.29) is 12.4 Å². The number of allylic oxidation sites excluding steroid dienone is 4. The Morgan fingerprint density at radius 3 is 3.12 bits per heavy atom. The Balaban J connectivity index is 0.000000963. The van der Waals surface area contributed by atoms with Gasteiger partial charge in [0.25, 0.3) is 0 Å². The molecule has 16 heavy (non-hydrogen) atoms. The maximum Gasteiger partial charge on any atom is 0.0376 e. The third-order valence-corrected chi connectivity index (χ3v) is 4.02. The molecule has 2 heterocycles. The predicted octanol–water partition coefficient (Wildman–Crippen LogP) is 2.10.